The van der Waals surface area contributed by atoms with Crippen LogP contribution in [0.1, 0.15) is 18.7 Å². The lowest BCUT2D eigenvalue weighted by atomic mass is 10.4. The maximum absolute atomic E-state index is 13.2. The van der Waals surface area contributed by atoms with Gasteiger partial charge in [0.15, 0.2) is 17.0 Å². The smallest absolute Gasteiger partial charge is 0.365 e. The van der Waals surface area contributed by atoms with Gasteiger partial charge in [-0.05, 0) is 25.2 Å². The molecular weight excluding hydrogens is 355 g/mol. The molecule has 0 atom stereocenters. The molecule has 11 heteroatoms. The Morgan fingerprint density at radius 3 is 2.68 bits per heavy atom. The Bertz CT molecular complexity index is 936. The number of thioether (sulfide) groups is 1. The molecule has 0 amide bonds. The molecule has 3 heterocycles. The highest BCUT2D eigenvalue weighted by atomic mass is 32.2. The van der Waals surface area contributed by atoms with Gasteiger partial charge in [0, 0.05) is 12.2 Å². The molecule has 1 fully saturated rings. The van der Waals surface area contributed by atoms with Gasteiger partial charge in [0.05, 0.1) is 0 Å². The summed E-state index contributed by atoms with van der Waals surface area (Å²) in [5.74, 6) is -0.927. The number of nitrogens with one attached hydrogen (secondary N) is 1. The highest BCUT2D eigenvalue weighted by Crippen LogP contribution is 2.32. The minimum atomic E-state index is -4.66. The molecule has 4 rings (SSSR count). The number of fused-ring (bicyclic) bond motifs is 1. The predicted octanol–water partition coefficient (Wildman–Crippen LogP) is 2.92. The first kappa shape index (κ1) is 16.1. The maximum atomic E-state index is 13.2. The lowest BCUT2D eigenvalue weighted by Crippen LogP contribution is -2.15. The van der Waals surface area contributed by atoms with Crippen molar-refractivity contribution in [2.75, 3.05) is 11.6 Å². The Morgan fingerprint density at radius 1 is 1.20 bits per heavy atom. The Kier molecular flexibility index (Phi) is 3.74. The number of alkyl halides is 3. The molecular formula is C14H12F3N7S. The van der Waals surface area contributed by atoms with Gasteiger partial charge in [0.2, 0.25) is 11.8 Å². The van der Waals surface area contributed by atoms with Crippen LogP contribution < -0.4 is 5.32 Å². The highest BCUT2D eigenvalue weighted by molar-refractivity contribution is 7.98. The van der Waals surface area contributed by atoms with Crippen LogP contribution in [0.15, 0.2) is 23.6 Å². The van der Waals surface area contributed by atoms with E-state index in [0.717, 1.165) is 12.8 Å². The third kappa shape index (κ3) is 3.11. The Labute approximate surface area is 144 Å². The third-order valence-electron chi connectivity index (χ3n) is 3.61. The molecule has 0 aromatic carbocycles. The summed E-state index contributed by atoms with van der Waals surface area (Å²) in [7, 11) is 0. The van der Waals surface area contributed by atoms with Crippen molar-refractivity contribution in [2.24, 2.45) is 0 Å². The molecule has 3 aromatic heterocycles. The van der Waals surface area contributed by atoms with Crippen molar-refractivity contribution in [1.29, 1.82) is 0 Å². The van der Waals surface area contributed by atoms with Crippen molar-refractivity contribution in [3.63, 3.8) is 0 Å². The van der Waals surface area contributed by atoms with E-state index in [0.29, 0.717) is 5.03 Å². The van der Waals surface area contributed by atoms with Crippen molar-refractivity contribution in [3.05, 3.63) is 24.4 Å². The molecule has 0 aliphatic heterocycles. The summed E-state index contributed by atoms with van der Waals surface area (Å²) in [6.07, 6.45) is 1.87. The van der Waals surface area contributed by atoms with Crippen LogP contribution in [0.2, 0.25) is 0 Å². The first-order valence-electron chi connectivity index (χ1n) is 7.42. The predicted molar refractivity (Wildman–Crippen MR) is 85.7 cm³/mol. The van der Waals surface area contributed by atoms with Crippen LogP contribution in [0.4, 0.5) is 19.0 Å². The number of hydrogen-bond donors (Lipinski definition) is 1. The Hall–Kier alpha value is -2.43. The minimum absolute atomic E-state index is 0.0173. The van der Waals surface area contributed by atoms with Gasteiger partial charge in [-0.2, -0.15) is 13.2 Å². The number of imidazole rings is 1. The topological polar surface area (TPSA) is 81.4 Å². The zero-order chi connectivity index (χ0) is 17.6. The number of aromatic nitrogens is 6. The van der Waals surface area contributed by atoms with E-state index in [2.05, 4.69) is 30.2 Å². The molecule has 1 N–H and O–H groups in total. The van der Waals surface area contributed by atoms with Crippen LogP contribution in [0.25, 0.3) is 17.1 Å². The standard InChI is InChI=1S/C14H12F3N7S/c1-25-8-4-5-18-13(21-8)24-6-19-9-10(20-7-2-3-7)22-12(14(15,16)17)23-11(9)24/h4-7H,2-3H2,1H3,(H,20,22,23). The van der Waals surface area contributed by atoms with Gasteiger partial charge in [0.1, 0.15) is 11.4 Å². The summed E-state index contributed by atoms with van der Waals surface area (Å²) in [5, 5.41) is 3.68. The van der Waals surface area contributed by atoms with Crippen LogP contribution >= 0.6 is 11.8 Å². The number of hydrogen-bond acceptors (Lipinski definition) is 7. The molecule has 0 spiro atoms. The van der Waals surface area contributed by atoms with Crippen molar-refractivity contribution in [2.45, 2.75) is 30.1 Å². The molecule has 25 heavy (non-hydrogen) atoms. The number of anilines is 1. The number of halogens is 3. The summed E-state index contributed by atoms with van der Waals surface area (Å²) in [6, 6.07) is 1.84. The summed E-state index contributed by atoms with van der Waals surface area (Å²) < 4.78 is 40.9. The van der Waals surface area contributed by atoms with Gasteiger partial charge >= 0.3 is 6.18 Å². The van der Waals surface area contributed by atoms with Crippen LogP contribution in [-0.2, 0) is 6.18 Å². The van der Waals surface area contributed by atoms with Gasteiger partial charge in [-0.25, -0.2) is 24.9 Å². The van der Waals surface area contributed by atoms with Crippen molar-refractivity contribution in [3.8, 4) is 5.95 Å². The fourth-order valence-electron chi connectivity index (χ4n) is 2.26. The van der Waals surface area contributed by atoms with Crippen LogP contribution in [0.5, 0.6) is 0 Å². The van der Waals surface area contributed by atoms with E-state index in [1.807, 2.05) is 6.26 Å². The number of nitrogens with zero attached hydrogens (tertiary/aromatic N) is 6. The fraction of sp³-hybridized carbons (Fsp3) is 0.357. The largest absolute Gasteiger partial charge is 0.451 e. The minimum Gasteiger partial charge on any atom is -0.365 e. The quantitative estimate of drug-likeness (QED) is 0.561. The summed E-state index contributed by atoms with van der Waals surface area (Å²) >= 11 is 1.40. The van der Waals surface area contributed by atoms with Gasteiger partial charge in [-0.15, -0.1) is 11.8 Å². The average molecular weight is 367 g/mol. The molecule has 1 saturated carbocycles. The van der Waals surface area contributed by atoms with E-state index >= 15 is 0 Å². The zero-order valence-corrected chi connectivity index (χ0v) is 13.8. The fourth-order valence-corrected chi connectivity index (χ4v) is 2.63. The maximum Gasteiger partial charge on any atom is 0.451 e. The third-order valence-corrected chi connectivity index (χ3v) is 4.26. The molecule has 0 saturated heterocycles. The van der Waals surface area contributed by atoms with Crippen molar-refractivity contribution in [1.82, 2.24) is 29.5 Å². The summed E-state index contributed by atoms with van der Waals surface area (Å²) in [5.41, 5.74) is 0.279. The van der Waals surface area contributed by atoms with Gasteiger partial charge in [-0.1, -0.05) is 0 Å². The first-order chi connectivity index (χ1) is 12.0. The van der Waals surface area contributed by atoms with Crippen LogP contribution in [0.3, 0.4) is 0 Å². The SMILES string of the molecule is CSc1ccnc(-n2cnc3c(NC4CC4)nc(C(F)(F)F)nc32)n1. The molecule has 0 bridgehead atoms. The van der Waals surface area contributed by atoms with E-state index in [-0.39, 0.29) is 29.0 Å². The average Bonchev–Trinajstić information content (AvgIpc) is 3.29. The Balaban J connectivity index is 1.90. The second-order valence-corrected chi connectivity index (χ2v) is 6.32. The zero-order valence-electron chi connectivity index (χ0n) is 12.9. The molecule has 1 aliphatic rings. The lowest BCUT2D eigenvalue weighted by Gasteiger charge is -2.10. The van der Waals surface area contributed by atoms with E-state index in [1.54, 1.807) is 6.07 Å². The monoisotopic (exact) mass is 367 g/mol. The highest BCUT2D eigenvalue weighted by Gasteiger charge is 2.37. The van der Waals surface area contributed by atoms with Crippen molar-refractivity contribution >= 4 is 28.7 Å². The van der Waals surface area contributed by atoms with Gasteiger partial charge in [-0.3, -0.25) is 4.57 Å². The summed E-state index contributed by atoms with van der Waals surface area (Å²) in [4.78, 5) is 19.9. The second kappa shape index (κ2) is 5.83. The van der Waals surface area contributed by atoms with Crippen LogP contribution in [0, 0.1) is 0 Å². The number of rotatable bonds is 4. The summed E-state index contributed by atoms with van der Waals surface area (Å²) in [6.45, 7) is 0. The molecule has 0 radical (unpaired) electrons. The van der Waals surface area contributed by atoms with Crippen molar-refractivity contribution < 1.29 is 13.2 Å². The molecule has 1 aliphatic carbocycles. The van der Waals surface area contributed by atoms with E-state index in [1.165, 1.54) is 28.9 Å². The van der Waals surface area contributed by atoms with Gasteiger partial charge < -0.3 is 5.32 Å². The molecule has 3 aromatic rings. The Morgan fingerprint density at radius 2 is 2.00 bits per heavy atom. The second-order valence-electron chi connectivity index (χ2n) is 5.50. The lowest BCUT2D eigenvalue weighted by molar-refractivity contribution is -0.144. The van der Waals surface area contributed by atoms with E-state index in [9.17, 15) is 13.2 Å². The van der Waals surface area contributed by atoms with Crippen LogP contribution in [-0.4, -0.2) is 41.8 Å². The first-order valence-corrected chi connectivity index (χ1v) is 8.64. The van der Waals surface area contributed by atoms with E-state index in [4.69, 9.17) is 0 Å². The van der Waals surface area contributed by atoms with Gasteiger partial charge in [0.25, 0.3) is 0 Å². The molecule has 0 unspecified atom stereocenters. The normalized spacial score (nSPS) is 14.9. The van der Waals surface area contributed by atoms with E-state index < -0.39 is 12.0 Å². The molecule has 7 nitrogen and oxygen atoms in total. The molecule has 130 valence electrons.